The lowest BCUT2D eigenvalue weighted by Crippen LogP contribution is -2.15. The second kappa shape index (κ2) is 11.7. The van der Waals surface area contributed by atoms with Gasteiger partial charge in [0.2, 0.25) is 0 Å². The molecule has 5 nitrogen and oxygen atoms in total. The third kappa shape index (κ3) is 4.52. The van der Waals surface area contributed by atoms with Crippen LogP contribution in [0.3, 0.4) is 0 Å². The van der Waals surface area contributed by atoms with Crippen LogP contribution in [0.2, 0.25) is 0 Å². The Morgan fingerprint density at radius 1 is 0.469 bits per heavy atom. The molecule has 5 heteroatoms. The highest BCUT2D eigenvalue weighted by Crippen LogP contribution is 2.52. The van der Waals surface area contributed by atoms with E-state index in [0.29, 0.717) is 27.8 Å². The number of hydrogen-bond donors (Lipinski definition) is 0. The molecule has 6 aromatic rings. The quantitative estimate of drug-likeness (QED) is 0.183. The SMILES string of the molecule is N#CC(C#N)=C1C(=Cc2ccc(-c3ccc4c5c(cccc35)-c3ccccc3N4c3ccccc3)cc2)C(=C(C#N)C#N)c2ccccc21. The maximum Gasteiger partial charge on any atom is 0.138 e. The van der Waals surface area contributed by atoms with Crippen molar-refractivity contribution >= 4 is 45.1 Å². The summed E-state index contributed by atoms with van der Waals surface area (Å²) in [6.07, 6.45) is 1.85. The molecular weight excluding hydrogens is 599 g/mol. The Morgan fingerprint density at radius 3 is 1.67 bits per heavy atom. The second-order valence-corrected chi connectivity index (χ2v) is 11.7. The molecule has 0 saturated carbocycles. The number of para-hydroxylation sites is 2. The Kier molecular flexibility index (Phi) is 6.94. The molecule has 8 rings (SSSR count). The van der Waals surface area contributed by atoms with Crippen molar-refractivity contribution in [2.45, 2.75) is 0 Å². The van der Waals surface area contributed by atoms with Gasteiger partial charge in [0, 0.05) is 27.8 Å². The number of benzene rings is 6. The van der Waals surface area contributed by atoms with Crippen molar-refractivity contribution in [1.29, 1.82) is 21.0 Å². The summed E-state index contributed by atoms with van der Waals surface area (Å²) in [5, 5.41) is 41.8. The van der Waals surface area contributed by atoms with Gasteiger partial charge >= 0.3 is 0 Å². The largest absolute Gasteiger partial charge is 0.309 e. The van der Waals surface area contributed by atoms with Crippen LogP contribution in [0.25, 0.3) is 50.2 Å². The molecule has 49 heavy (non-hydrogen) atoms. The van der Waals surface area contributed by atoms with Crippen LogP contribution in [-0.2, 0) is 0 Å². The number of nitriles is 4. The normalized spacial score (nSPS) is 12.2. The second-order valence-electron chi connectivity index (χ2n) is 11.7. The predicted octanol–water partition coefficient (Wildman–Crippen LogP) is 10.7. The van der Waals surface area contributed by atoms with Gasteiger partial charge in [-0.15, -0.1) is 0 Å². The fourth-order valence-corrected chi connectivity index (χ4v) is 7.15. The predicted molar refractivity (Wildman–Crippen MR) is 194 cm³/mol. The lowest BCUT2D eigenvalue weighted by atomic mass is 9.87. The van der Waals surface area contributed by atoms with Gasteiger partial charge in [-0.05, 0) is 74.7 Å². The standard InChI is InChI=1S/C44H23N5/c45-24-30(25-46)42-37-12-4-5-13-38(37)43(31(26-47)27-48)39(42)23-28-17-19-29(20-18-28)33-21-22-41-44-35(33)14-8-15-36(44)34-11-6-7-16-40(34)49(41)32-9-2-1-3-10-32/h1-23H. The van der Waals surface area contributed by atoms with Crippen LogP contribution in [0.4, 0.5) is 17.1 Å². The summed E-state index contributed by atoms with van der Waals surface area (Å²) in [5.74, 6) is 0. The first kappa shape index (κ1) is 29.0. The van der Waals surface area contributed by atoms with E-state index in [1.807, 2.05) is 72.8 Å². The van der Waals surface area contributed by atoms with Gasteiger partial charge in [0.1, 0.15) is 35.4 Å². The highest BCUT2D eigenvalue weighted by atomic mass is 15.2. The van der Waals surface area contributed by atoms with E-state index in [0.717, 1.165) is 39.1 Å². The summed E-state index contributed by atoms with van der Waals surface area (Å²) in [5.41, 5.74) is 11.2. The van der Waals surface area contributed by atoms with Gasteiger partial charge in [0.15, 0.2) is 0 Å². The molecule has 224 valence electrons. The van der Waals surface area contributed by atoms with Crippen LogP contribution in [0, 0.1) is 45.3 Å². The fraction of sp³-hybridized carbons (Fsp3) is 0. The minimum absolute atomic E-state index is 0.0736. The Hall–Kier alpha value is -7.44. The highest BCUT2D eigenvalue weighted by molar-refractivity contribution is 6.18. The Labute approximate surface area is 283 Å². The molecule has 6 aromatic carbocycles. The van der Waals surface area contributed by atoms with Crippen LogP contribution in [0.15, 0.2) is 150 Å². The molecule has 0 radical (unpaired) electrons. The maximum absolute atomic E-state index is 9.87. The molecule has 0 fully saturated rings. The van der Waals surface area contributed by atoms with E-state index >= 15 is 0 Å². The number of nitrogens with zero attached hydrogens (tertiary/aromatic N) is 5. The summed E-state index contributed by atoms with van der Waals surface area (Å²) >= 11 is 0. The van der Waals surface area contributed by atoms with E-state index in [-0.39, 0.29) is 11.1 Å². The van der Waals surface area contributed by atoms with Gasteiger partial charge in [-0.25, -0.2) is 0 Å². The van der Waals surface area contributed by atoms with E-state index in [1.54, 1.807) is 0 Å². The molecule has 0 amide bonds. The maximum atomic E-state index is 9.87. The average molecular weight is 622 g/mol. The van der Waals surface area contributed by atoms with Crippen molar-refractivity contribution < 1.29 is 0 Å². The van der Waals surface area contributed by atoms with Crippen LogP contribution < -0.4 is 4.90 Å². The van der Waals surface area contributed by atoms with E-state index in [4.69, 9.17) is 0 Å². The molecule has 1 aliphatic heterocycles. The summed E-state index contributed by atoms with van der Waals surface area (Å²) < 4.78 is 0. The molecule has 1 heterocycles. The van der Waals surface area contributed by atoms with Crippen molar-refractivity contribution in [1.82, 2.24) is 0 Å². The summed E-state index contributed by atoms with van der Waals surface area (Å²) in [7, 11) is 0. The van der Waals surface area contributed by atoms with Crippen LogP contribution in [0.5, 0.6) is 0 Å². The third-order valence-corrected chi connectivity index (χ3v) is 9.19. The zero-order valence-electron chi connectivity index (χ0n) is 26.0. The molecule has 0 N–H and O–H groups in total. The summed E-state index contributed by atoms with van der Waals surface area (Å²) in [6, 6.07) is 53.2. The molecule has 0 unspecified atom stereocenters. The highest BCUT2D eigenvalue weighted by Gasteiger charge is 2.32. The van der Waals surface area contributed by atoms with Crippen molar-refractivity contribution in [2.75, 3.05) is 4.90 Å². The van der Waals surface area contributed by atoms with Crippen LogP contribution >= 0.6 is 0 Å². The average Bonchev–Trinajstić information content (AvgIpc) is 3.47. The monoisotopic (exact) mass is 621 g/mol. The lowest BCUT2D eigenvalue weighted by molar-refractivity contribution is 1.28. The van der Waals surface area contributed by atoms with Crippen molar-refractivity contribution in [3.63, 3.8) is 0 Å². The zero-order valence-corrected chi connectivity index (χ0v) is 26.0. The topological polar surface area (TPSA) is 98.4 Å². The molecule has 0 bridgehead atoms. The minimum Gasteiger partial charge on any atom is -0.309 e. The molecule has 2 aliphatic rings. The minimum atomic E-state index is -0.0736. The first-order chi connectivity index (χ1) is 24.2. The summed E-state index contributed by atoms with van der Waals surface area (Å²) in [6.45, 7) is 0. The lowest BCUT2D eigenvalue weighted by Gasteiger charge is -2.34. The van der Waals surface area contributed by atoms with E-state index < -0.39 is 0 Å². The van der Waals surface area contributed by atoms with Crippen LogP contribution in [-0.4, -0.2) is 0 Å². The molecule has 1 aliphatic carbocycles. The van der Waals surface area contributed by atoms with Gasteiger partial charge in [-0.3, -0.25) is 0 Å². The van der Waals surface area contributed by atoms with E-state index in [2.05, 4.69) is 95.9 Å². The van der Waals surface area contributed by atoms with Gasteiger partial charge in [0.25, 0.3) is 0 Å². The molecule has 0 aromatic heterocycles. The van der Waals surface area contributed by atoms with Crippen LogP contribution in [0.1, 0.15) is 16.7 Å². The fourth-order valence-electron chi connectivity index (χ4n) is 7.15. The number of anilines is 3. The first-order valence-electron chi connectivity index (χ1n) is 15.7. The van der Waals surface area contributed by atoms with Gasteiger partial charge in [-0.2, -0.15) is 21.0 Å². The van der Waals surface area contributed by atoms with E-state index in [9.17, 15) is 21.0 Å². The molecule has 0 saturated heterocycles. The van der Waals surface area contributed by atoms with Gasteiger partial charge in [0.05, 0.1) is 11.4 Å². The Balaban J connectivity index is 1.28. The smallest absolute Gasteiger partial charge is 0.138 e. The van der Waals surface area contributed by atoms with E-state index in [1.165, 1.54) is 16.5 Å². The number of allylic oxidation sites excluding steroid dienone is 5. The van der Waals surface area contributed by atoms with Gasteiger partial charge in [-0.1, -0.05) is 109 Å². The van der Waals surface area contributed by atoms with Crippen molar-refractivity contribution in [3.05, 3.63) is 167 Å². The molecule has 0 atom stereocenters. The molecular formula is C44H23N5. The Morgan fingerprint density at radius 2 is 1.04 bits per heavy atom. The van der Waals surface area contributed by atoms with Gasteiger partial charge < -0.3 is 4.90 Å². The number of hydrogen-bond acceptors (Lipinski definition) is 5. The zero-order chi connectivity index (χ0) is 33.5. The molecule has 0 spiro atoms. The third-order valence-electron chi connectivity index (χ3n) is 9.19. The van der Waals surface area contributed by atoms with Crippen molar-refractivity contribution in [3.8, 4) is 46.5 Å². The van der Waals surface area contributed by atoms with Crippen molar-refractivity contribution in [2.24, 2.45) is 0 Å². The first-order valence-corrected chi connectivity index (χ1v) is 15.7. The number of rotatable bonds is 3. The Bertz CT molecular complexity index is 2530. The summed E-state index contributed by atoms with van der Waals surface area (Å²) in [4.78, 5) is 2.33. The number of fused-ring (bicyclic) bond motifs is 3.